The molecule has 1 aromatic carbocycles. The number of hydrogen-bond donors (Lipinski definition) is 4. The molecule has 11 nitrogen and oxygen atoms in total. The Morgan fingerprint density at radius 3 is 2.29 bits per heavy atom. The average molecular weight is 436 g/mol. The number of amides is 3. The van der Waals surface area contributed by atoms with E-state index in [-0.39, 0.29) is 30.6 Å². The van der Waals surface area contributed by atoms with E-state index in [4.69, 9.17) is 26.7 Å². The fraction of sp³-hybridized carbons (Fsp3) is 0.400. The van der Waals surface area contributed by atoms with Gasteiger partial charge in [0.2, 0.25) is 5.91 Å². The van der Waals surface area contributed by atoms with Gasteiger partial charge in [-0.25, -0.2) is 0 Å². The number of nitrogens with one attached hydrogen (secondary N) is 1. The molecule has 0 fully saturated rings. The van der Waals surface area contributed by atoms with Crippen LogP contribution in [-0.2, 0) is 23.9 Å². The predicted octanol–water partition coefficient (Wildman–Crippen LogP) is -0.785. The molecule has 11 heteroatoms. The first-order valence-electron chi connectivity index (χ1n) is 9.48. The van der Waals surface area contributed by atoms with Gasteiger partial charge in [0.05, 0.1) is 7.11 Å². The Hall–Kier alpha value is -3.60. The molecule has 1 atom stereocenters. The zero-order valence-electron chi connectivity index (χ0n) is 17.3. The molecule has 0 aliphatic carbocycles. The van der Waals surface area contributed by atoms with Gasteiger partial charge in [-0.05, 0) is 43.0 Å². The molecule has 0 saturated heterocycles. The van der Waals surface area contributed by atoms with Crippen LogP contribution in [0.5, 0.6) is 11.5 Å². The number of benzene rings is 1. The van der Waals surface area contributed by atoms with Crippen LogP contribution in [-0.4, -0.2) is 56.6 Å². The maximum atomic E-state index is 11.9. The highest BCUT2D eigenvalue weighted by Gasteiger charge is 2.12. The molecule has 0 aliphatic rings. The van der Waals surface area contributed by atoms with Crippen LogP contribution in [0.3, 0.4) is 0 Å². The third kappa shape index (κ3) is 10.7. The number of esters is 1. The third-order valence-corrected chi connectivity index (χ3v) is 3.88. The van der Waals surface area contributed by atoms with Gasteiger partial charge < -0.3 is 36.7 Å². The van der Waals surface area contributed by atoms with E-state index in [9.17, 15) is 19.2 Å². The summed E-state index contributed by atoms with van der Waals surface area (Å²) in [5, 5.41) is 2.72. The number of hydrogen-bond acceptors (Lipinski definition) is 8. The van der Waals surface area contributed by atoms with Crippen molar-refractivity contribution in [1.29, 1.82) is 0 Å². The zero-order chi connectivity index (χ0) is 23.2. The lowest BCUT2D eigenvalue weighted by Gasteiger charge is -2.11. The number of carbonyl (C=O) groups is 4. The van der Waals surface area contributed by atoms with E-state index in [2.05, 4.69) is 10.1 Å². The van der Waals surface area contributed by atoms with Gasteiger partial charge in [0, 0.05) is 12.6 Å². The summed E-state index contributed by atoms with van der Waals surface area (Å²) in [4.78, 5) is 45.0. The fourth-order valence-corrected chi connectivity index (χ4v) is 2.36. The molecule has 0 radical (unpaired) electrons. The summed E-state index contributed by atoms with van der Waals surface area (Å²) in [5.74, 6) is -1.76. The van der Waals surface area contributed by atoms with Crippen LogP contribution in [0.25, 0.3) is 6.08 Å². The smallest absolute Gasteiger partial charge is 0.322 e. The molecule has 3 amide bonds. The van der Waals surface area contributed by atoms with E-state index < -0.39 is 23.8 Å². The summed E-state index contributed by atoms with van der Waals surface area (Å²) in [7, 11) is 1.28. The van der Waals surface area contributed by atoms with Gasteiger partial charge >= 0.3 is 5.97 Å². The van der Waals surface area contributed by atoms with E-state index in [0.29, 0.717) is 31.4 Å². The number of nitrogens with two attached hydrogens (primary N) is 3. The van der Waals surface area contributed by atoms with Crippen LogP contribution < -0.4 is 32.0 Å². The molecule has 0 bridgehead atoms. The quantitative estimate of drug-likeness (QED) is 0.166. The maximum absolute atomic E-state index is 11.9. The van der Waals surface area contributed by atoms with Crippen LogP contribution in [0.15, 0.2) is 24.3 Å². The number of ether oxygens (including phenoxy) is 3. The molecule has 0 heterocycles. The van der Waals surface area contributed by atoms with Crippen LogP contribution in [0, 0.1) is 0 Å². The molecular formula is C20H28N4O7. The average Bonchev–Trinajstić information content (AvgIpc) is 2.74. The van der Waals surface area contributed by atoms with E-state index >= 15 is 0 Å². The second kappa shape index (κ2) is 13.6. The first kappa shape index (κ1) is 25.4. The Labute approximate surface area is 179 Å². The largest absolute Gasteiger partial charge is 0.480 e. The van der Waals surface area contributed by atoms with Crippen molar-refractivity contribution in [3.8, 4) is 11.5 Å². The molecule has 1 aromatic rings. The number of unbranched alkanes of at least 4 members (excludes halogenated alkanes) is 1. The molecule has 7 N–H and O–H groups in total. The number of methoxy groups -OCH3 is 1. The minimum atomic E-state index is -0.686. The zero-order valence-corrected chi connectivity index (χ0v) is 17.3. The second-order valence-electron chi connectivity index (χ2n) is 6.47. The van der Waals surface area contributed by atoms with Gasteiger partial charge in [-0.1, -0.05) is 6.07 Å². The van der Waals surface area contributed by atoms with Crippen LogP contribution in [0.2, 0.25) is 0 Å². The highest BCUT2D eigenvalue weighted by Crippen LogP contribution is 2.29. The van der Waals surface area contributed by atoms with E-state index in [1.54, 1.807) is 6.07 Å². The van der Waals surface area contributed by atoms with Crippen molar-refractivity contribution in [2.24, 2.45) is 17.2 Å². The van der Waals surface area contributed by atoms with E-state index in [0.717, 1.165) is 0 Å². The Kier molecular flexibility index (Phi) is 11.2. The van der Waals surface area contributed by atoms with Gasteiger partial charge in [0.1, 0.15) is 6.04 Å². The van der Waals surface area contributed by atoms with Gasteiger partial charge in [0.15, 0.2) is 24.7 Å². The number of rotatable bonds is 14. The Bertz CT molecular complexity index is 811. The van der Waals surface area contributed by atoms with Gasteiger partial charge in [0.25, 0.3) is 11.8 Å². The summed E-state index contributed by atoms with van der Waals surface area (Å²) >= 11 is 0. The monoisotopic (exact) mass is 436 g/mol. The predicted molar refractivity (Wildman–Crippen MR) is 112 cm³/mol. The standard InChI is InChI=1S/C20H28N4O7/c1-29-20(28)14(21)4-2-3-9-24-19(27)8-6-13-5-7-15(30-11-17(22)25)16(10-13)31-12-18(23)26/h5-8,10,14H,2-4,9,11-12,21H2,1H3,(H2,22,25)(H2,23,26)(H,24,27)/b8-6+. The van der Waals surface area contributed by atoms with E-state index in [1.165, 1.54) is 31.4 Å². The lowest BCUT2D eigenvalue weighted by molar-refractivity contribution is -0.142. The lowest BCUT2D eigenvalue weighted by Crippen LogP contribution is -2.31. The lowest BCUT2D eigenvalue weighted by atomic mass is 10.1. The summed E-state index contributed by atoms with van der Waals surface area (Å²) in [6.07, 6.45) is 4.65. The first-order chi connectivity index (χ1) is 14.7. The highest BCUT2D eigenvalue weighted by atomic mass is 16.5. The van der Waals surface area contributed by atoms with Gasteiger partial charge in [-0.2, -0.15) is 0 Å². The van der Waals surface area contributed by atoms with Crippen molar-refractivity contribution >= 4 is 29.8 Å². The molecule has 1 unspecified atom stereocenters. The topological polar surface area (TPSA) is 186 Å². The van der Waals surface area contributed by atoms with Gasteiger partial charge in [-0.3, -0.25) is 19.2 Å². The van der Waals surface area contributed by atoms with Crippen LogP contribution in [0.4, 0.5) is 0 Å². The summed E-state index contributed by atoms with van der Waals surface area (Å²) in [6, 6.07) is 4.01. The first-order valence-corrected chi connectivity index (χ1v) is 9.48. The Morgan fingerprint density at radius 1 is 1.03 bits per heavy atom. The summed E-state index contributed by atoms with van der Waals surface area (Å²) in [6.45, 7) is -0.334. The van der Waals surface area contributed by atoms with Crippen molar-refractivity contribution in [2.45, 2.75) is 25.3 Å². The van der Waals surface area contributed by atoms with Crippen molar-refractivity contribution in [3.63, 3.8) is 0 Å². The summed E-state index contributed by atoms with van der Waals surface area (Å²) in [5.41, 5.74) is 16.4. The Balaban J connectivity index is 2.58. The van der Waals surface area contributed by atoms with Crippen molar-refractivity contribution in [3.05, 3.63) is 29.8 Å². The number of carbonyl (C=O) groups excluding carboxylic acids is 4. The molecule has 0 aromatic heterocycles. The highest BCUT2D eigenvalue weighted by molar-refractivity contribution is 5.91. The molecular weight excluding hydrogens is 408 g/mol. The van der Waals surface area contributed by atoms with Crippen molar-refractivity contribution in [2.75, 3.05) is 26.9 Å². The normalized spacial score (nSPS) is 11.5. The SMILES string of the molecule is COC(=O)C(N)CCCCNC(=O)/C=C/c1ccc(OCC(N)=O)c(OCC(N)=O)c1. The number of primary amides is 2. The molecule has 31 heavy (non-hydrogen) atoms. The third-order valence-electron chi connectivity index (χ3n) is 3.88. The second-order valence-corrected chi connectivity index (χ2v) is 6.47. The van der Waals surface area contributed by atoms with Crippen molar-refractivity contribution in [1.82, 2.24) is 5.32 Å². The van der Waals surface area contributed by atoms with Gasteiger partial charge in [-0.15, -0.1) is 0 Å². The minimum absolute atomic E-state index is 0.171. The molecule has 0 aliphatic heterocycles. The maximum Gasteiger partial charge on any atom is 0.322 e. The van der Waals surface area contributed by atoms with Crippen LogP contribution >= 0.6 is 0 Å². The molecule has 170 valence electrons. The fourth-order valence-electron chi connectivity index (χ4n) is 2.36. The molecule has 0 saturated carbocycles. The Morgan fingerprint density at radius 2 is 1.68 bits per heavy atom. The van der Waals surface area contributed by atoms with Crippen molar-refractivity contribution < 1.29 is 33.4 Å². The minimum Gasteiger partial charge on any atom is -0.480 e. The van der Waals surface area contributed by atoms with E-state index in [1.807, 2.05) is 0 Å². The molecule has 0 spiro atoms. The summed E-state index contributed by atoms with van der Waals surface area (Å²) < 4.78 is 15.1. The van der Waals surface area contributed by atoms with Crippen LogP contribution in [0.1, 0.15) is 24.8 Å². The molecule has 1 rings (SSSR count).